The Hall–Kier alpha value is -2.36. The van der Waals surface area contributed by atoms with E-state index in [0.717, 1.165) is 37.3 Å². The first-order valence-electron chi connectivity index (χ1n) is 8.98. The van der Waals surface area contributed by atoms with Gasteiger partial charge in [-0.25, -0.2) is 4.98 Å². The molecule has 4 nitrogen and oxygen atoms in total. The Labute approximate surface area is 142 Å². The van der Waals surface area contributed by atoms with Crippen LogP contribution in [0.3, 0.4) is 0 Å². The maximum Gasteiger partial charge on any atom is 0.110 e. The standard InChI is InChI=1S/C20H24N4/c1-2-6-16-13-19(17-8-3-4-9-18(17)23-16)24-12-5-7-15(14-24)20-21-10-11-22-20/h3-4,8-11,13,15H,2,5-7,12,14H2,1H3,(H,21,22). The fourth-order valence-electron chi connectivity index (χ4n) is 3.78. The van der Waals surface area contributed by atoms with Crippen molar-refractivity contribution in [1.29, 1.82) is 0 Å². The van der Waals surface area contributed by atoms with Crippen molar-refractivity contribution >= 4 is 16.6 Å². The van der Waals surface area contributed by atoms with Gasteiger partial charge in [0.1, 0.15) is 5.82 Å². The number of nitrogens with one attached hydrogen (secondary N) is 1. The second kappa shape index (κ2) is 6.63. The number of benzene rings is 1. The van der Waals surface area contributed by atoms with Gasteiger partial charge in [0, 0.05) is 48.2 Å². The summed E-state index contributed by atoms with van der Waals surface area (Å²) in [6.07, 6.45) is 8.35. The molecule has 3 aromatic rings. The molecular formula is C20H24N4. The van der Waals surface area contributed by atoms with E-state index in [1.165, 1.54) is 29.6 Å². The number of imidazole rings is 1. The van der Waals surface area contributed by atoms with Gasteiger partial charge in [-0.2, -0.15) is 0 Å². The summed E-state index contributed by atoms with van der Waals surface area (Å²) in [5.41, 5.74) is 3.64. The summed E-state index contributed by atoms with van der Waals surface area (Å²) in [5, 5.41) is 1.26. The smallest absolute Gasteiger partial charge is 0.110 e. The summed E-state index contributed by atoms with van der Waals surface area (Å²) < 4.78 is 0. The molecule has 4 heteroatoms. The van der Waals surface area contributed by atoms with Crippen molar-refractivity contribution < 1.29 is 0 Å². The van der Waals surface area contributed by atoms with Crippen LogP contribution in [0, 0.1) is 0 Å². The van der Waals surface area contributed by atoms with E-state index in [2.05, 4.69) is 52.1 Å². The third-order valence-corrected chi connectivity index (χ3v) is 4.92. The normalized spacial score (nSPS) is 18.2. The van der Waals surface area contributed by atoms with E-state index in [1.807, 2.05) is 12.4 Å². The number of rotatable bonds is 4. The second-order valence-corrected chi connectivity index (χ2v) is 6.66. The van der Waals surface area contributed by atoms with E-state index in [1.54, 1.807) is 0 Å². The zero-order chi connectivity index (χ0) is 16.4. The highest BCUT2D eigenvalue weighted by Gasteiger charge is 2.24. The summed E-state index contributed by atoms with van der Waals surface area (Å²) >= 11 is 0. The summed E-state index contributed by atoms with van der Waals surface area (Å²) in [6, 6.07) is 10.8. The highest BCUT2D eigenvalue weighted by molar-refractivity contribution is 5.92. The highest BCUT2D eigenvalue weighted by Crippen LogP contribution is 2.33. The molecular weight excluding hydrogens is 296 g/mol. The molecule has 1 unspecified atom stereocenters. The molecule has 4 rings (SSSR count). The Morgan fingerprint density at radius 3 is 3.04 bits per heavy atom. The zero-order valence-corrected chi connectivity index (χ0v) is 14.2. The van der Waals surface area contributed by atoms with Gasteiger partial charge in [0.2, 0.25) is 0 Å². The van der Waals surface area contributed by atoms with Crippen molar-refractivity contribution in [2.45, 2.75) is 38.5 Å². The molecule has 0 aliphatic carbocycles. The van der Waals surface area contributed by atoms with Gasteiger partial charge < -0.3 is 9.88 Å². The molecule has 1 aliphatic heterocycles. The third-order valence-electron chi connectivity index (χ3n) is 4.92. The summed E-state index contributed by atoms with van der Waals surface area (Å²) in [7, 11) is 0. The number of pyridine rings is 1. The Balaban J connectivity index is 1.71. The Morgan fingerprint density at radius 1 is 1.29 bits per heavy atom. The average Bonchev–Trinajstić information content (AvgIpc) is 3.16. The number of para-hydroxylation sites is 1. The number of piperidine rings is 1. The molecule has 0 amide bonds. The van der Waals surface area contributed by atoms with E-state index < -0.39 is 0 Å². The molecule has 3 heterocycles. The van der Waals surface area contributed by atoms with Crippen LogP contribution in [0.5, 0.6) is 0 Å². The molecule has 1 saturated heterocycles. The lowest BCUT2D eigenvalue weighted by molar-refractivity contribution is 0.495. The molecule has 2 aromatic heterocycles. The van der Waals surface area contributed by atoms with Gasteiger partial charge in [0.15, 0.2) is 0 Å². The number of H-pyrrole nitrogens is 1. The van der Waals surface area contributed by atoms with Crippen LogP contribution in [0.15, 0.2) is 42.7 Å². The molecule has 1 aromatic carbocycles. The molecule has 0 bridgehead atoms. The number of hydrogen-bond acceptors (Lipinski definition) is 3. The second-order valence-electron chi connectivity index (χ2n) is 6.66. The maximum atomic E-state index is 4.84. The third kappa shape index (κ3) is 2.88. The SMILES string of the molecule is CCCc1cc(N2CCCC(c3ncc[nH]3)C2)c2ccccc2n1. The summed E-state index contributed by atoms with van der Waals surface area (Å²) in [4.78, 5) is 15.2. The first kappa shape index (κ1) is 15.2. The van der Waals surface area contributed by atoms with E-state index in [4.69, 9.17) is 4.98 Å². The van der Waals surface area contributed by atoms with E-state index >= 15 is 0 Å². The van der Waals surface area contributed by atoms with Crippen LogP contribution in [-0.2, 0) is 6.42 Å². The van der Waals surface area contributed by atoms with Crippen molar-refractivity contribution in [1.82, 2.24) is 15.0 Å². The number of hydrogen-bond donors (Lipinski definition) is 1. The molecule has 124 valence electrons. The first-order valence-corrected chi connectivity index (χ1v) is 8.98. The highest BCUT2D eigenvalue weighted by atomic mass is 15.1. The van der Waals surface area contributed by atoms with Gasteiger partial charge in [-0.05, 0) is 31.4 Å². The summed E-state index contributed by atoms with van der Waals surface area (Å²) in [6.45, 7) is 4.34. The monoisotopic (exact) mass is 320 g/mol. The molecule has 0 radical (unpaired) electrons. The first-order chi connectivity index (χ1) is 11.8. The van der Waals surface area contributed by atoms with Crippen LogP contribution in [0.4, 0.5) is 5.69 Å². The molecule has 1 N–H and O–H groups in total. The number of fused-ring (bicyclic) bond motifs is 1. The van der Waals surface area contributed by atoms with E-state index in [9.17, 15) is 0 Å². The van der Waals surface area contributed by atoms with Crippen LogP contribution >= 0.6 is 0 Å². The summed E-state index contributed by atoms with van der Waals surface area (Å²) in [5.74, 6) is 1.60. The molecule has 0 saturated carbocycles. The number of anilines is 1. The van der Waals surface area contributed by atoms with Crippen molar-refractivity contribution in [3.05, 3.63) is 54.2 Å². The topological polar surface area (TPSA) is 44.8 Å². The quantitative estimate of drug-likeness (QED) is 0.780. The molecule has 1 aliphatic rings. The van der Waals surface area contributed by atoms with Crippen LogP contribution in [-0.4, -0.2) is 28.0 Å². The minimum absolute atomic E-state index is 0.482. The van der Waals surface area contributed by atoms with Crippen molar-refractivity contribution in [2.24, 2.45) is 0 Å². The minimum Gasteiger partial charge on any atom is -0.370 e. The van der Waals surface area contributed by atoms with Gasteiger partial charge in [0.25, 0.3) is 0 Å². The van der Waals surface area contributed by atoms with Gasteiger partial charge >= 0.3 is 0 Å². The molecule has 24 heavy (non-hydrogen) atoms. The van der Waals surface area contributed by atoms with Gasteiger partial charge in [-0.15, -0.1) is 0 Å². The lowest BCUT2D eigenvalue weighted by Crippen LogP contribution is -2.35. The number of aromatic nitrogens is 3. The van der Waals surface area contributed by atoms with Crippen molar-refractivity contribution in [3.63, 3.8) is 0 Å². The lowest BCUT2D eigenvalue weighted by atomic mass is 9.96. The Bertz CT molecular complexity index is 810. The fourth-order valence-corrected chi connectivity index (χ4v) is 3.78. The van der Waals surface area contributed by atoms with E-state index in [-0.39, 0.29) is 0 Å². The van der Waals surface area contributed by atoms with Gasteiger partial charge in [-0.1, -0.05) is 31.5 Å². The zero-order valence-electron chi connectivity index (χ0n) is 14.2. The Kier molecular flexibility index (Phi) is 4.20. The van der Waals surface area contributed by atoms with Gasteiger partial charge in [-0.3, -0.25) is 4.98 Å². The molecule has 0 spiro atoms. The van der Waals surface area contributed by atoms with Crippen LogP contribution < -0.4 is 4.90 Å². The molecule has 1 atom stereocenters. The average molecular weight is 320 g/mol. The fraction of sp³-hybridized carbons (Fsp3) is 0.400. The van der Waals surface area contributed by atoms with Crippen molar-refractivity contribution in [2.75, 3.05) is 18.0 Å². The number of nitrogens with zero attached hydrogens (tertiary/aromatic N) is 3. The van der Waals surface area contributed by atoms with Crippen LogP contribution in [0.2, 0.25) is 0 Å². The molecule has 1 fully saturated rings. The van der Waals surface area contributed by atoms with Crippen molar-refractivity contribution in [3.8, 4) is 0 Å². The Morgan fingerprint density at radius 2 is 2.21 bits per heavy atom. The minimum atomic E-state index is 0.482. The largest absolute Gasteiger partial charge is 0.370 e. The predicted octanol–water partition coefficient (Wildman–Crippen LogP) is 4.29. The lowest BCUT2D eigenvalue weighted by Gasteiger charge is -2.34. The predicted molar refractivity (Wildman–Crippen MR) is 98.5 cm³/mol. The maximum absolute atomic E-state index is 4.84. The van der Waals surface area contributed by atoms with Gasteiger partial charge in [0.05, 0.1) is 5.52 Å². The van der Waals surface area contributed by atoms with E-state index in [0.29, 0.717) is 5.92 Å². The van der Waals surface area contributed by atoms with Crippen LogP contribution in [0.25, 0.3) is 10.9 Å². The number of aryl methyl sites for hydroxylation is 1. The van der Waals surface area contributed by atoms with Crippen LogP contribution in [0.1, 0.15) is 43.6 Å². The number of aromatic amines is 1.